The maximum absolute atomic E-state index is 12.5. The molecule has 0 aliphatic heterocycles. The van der Waals surface area contributed by atoms with Crippen LogP contribution in [0.4, 0.5) is 5.69 Å². The van der Waals surface area contributed by atoms with Crippen LogP contribution >= 0.6 is 11.8 Å². The van der Waals surface area contributed by atoms with Gasteiger partial charge in [0, 0.05) is 21.7 Å². The minimum absolute atomic E-state index is 0.0229. The van der Waals surface area contributed by atoms with Crippen molar-refractivity contribution < 1.29 is 23.8 Å². The number of amides is 1. The molecule has 3 aromatic rings. The van der Waals surface area contributed by atoms with Crippen LogP contribution in [0.5, 0.6) is 17.2 Å². The van der Waals surface area contributed by atoms with Gasteiger partial charge in [0.2, 0.25) is 0 Å². The lowest BCUT2D eigenvalue weighted by atomic mass is 10.1. The van der Waals surface area contributed by atoms with E-state index >= 15 is 0 Å². The van der Waals surface area contributed by atoms with Gasteiger partial charge in [-0.05, 0) is 54.6 Å². The molecule has 0 saturated heterocycles. The van der Waals surface area contributed by atoms with E-state index in [1.165, 1.54) is 18.9 Å². The summed E-state index contributed by atoms with van der Waals surface area (Å²) in [5.41, 5.74) is 1.73. The molecule has 0 bridgehead atoms. The number of carbonyl (C=O) groups is 2. The molecule has 0 aliphatic rings. The smallest absolute Gasteiger partial charge is 0.255 e. The van der Waals surface area contributed by atoms with Gasteiger partial charge >= 0.3 is 0 Å². The molecule has 0 spiro atoms. The van der Waals surface area contributed by atoms with Crippen LogP contribution in [-0.2, 0) is 0 Å². The number of nitrogens with one attached hydrogen (secondary N) is 1. The second kappa shape index (κ2) is 10.5. The number of ketones is 1. The average Bonchev–Trinajstić information content (AvgIpc) is 2.82. The van der Waals surface area contributed by atoms with Gasteiger partial charge in [-0.15, -0.1) is 11.8 Å². The number of ether oxygens (including phenoxy) is 3. The summed E-state index contributed by atoms with van der Waals surface area (Å²) >= 11 is 1.44. The predicted octanol–water partition coefficient (Wildman–Crippen LogP) is 4.94. The highest BCUT2D eigenvalue weighted by Crippen LogP contribution is 2.28. The van der Waals surface area contributed by atoms with Crippen LogP contribution in [0.3, 0.4) is 0 Å². The number of hydrogen-bond acceptors (Lipinski definition) is 6. The van der Waals surface area contributed by atoms with Crippen LogP contribution < -0.4 is 19.5 Å². The Morgan fingerprint density at radius 3 is 2.23 bits per heavy atom. The molecule has 0 aromatic heterocycles. The quantitative estimate of drug-likeness (QED) is 0.378. The fourth-order valence-electron chi connectivity index (χ4n) is 2.84. The first-order valence-electron chi connectivity index (χ1n) is 9.47. The number of thioether (sulfide) groups is 1. The number of rotatable bonds is 9. The van der Waals surface area contributed by atoms with E-state index in [0.29, 0.717) is 39.8 Å². The largest absolute Gasteiger partial charge is 0.497 e. The molecule has 7 heteroatoms. The summed E-state index contributed by atoms with van der Waals surface area (Å²) in [6, 6.07) is 19.4. The molecule has 0 atom stereocenters. The first kappa shape index (κ1) is 22.2. The van der Waals surface area contributed by atoms with Gasteiger partial charge in [-0.2, -0.15) is 0 Å². The molecular weight excluding hydrogens is 414 g/mol. The summed E-state index contributed by atoms with van der Waals surface area (Å²) in [5.74, 6) is 1.78. The van der Waals surface area contributed by atoms with Crippen molar-refractivity contribution in [2.24, 2.45) is 0 Å². The number of carbonyl (C=O) groups excluding carboxylic acids is 2. The van der Waals surface area contributed by atoms with E-state index in [4.69, 9.17) is 14.2 Å². The topological polar surface area (TPSA) is 73.9 Å². The zero-order valence-corrected chi connectivity index (χ0v) is 18.3. The molecule has 3 rings (SSSR count). The van der Waals surface area contributed by atoms with E-state index in [1.807, 2.05) is 12.1 Å². The molecule has 0 fully saturated rings. The summed E-state index contributed by atoms with van der Waals surface area (Å²) in [6.45, 7) is 0. The zero-order chi connectivity index (χ0) is 22.2. The fraction of sp³-hybridized carbons (Fsp3) is 0.167. The zero-order valence-electron chi connectivity index (χ0n) is 17.5. The normalized spacial score (nSPS) is 10.3. The Labute approximate surface area is 185 Å². The van der Waals surface area contributed by atoms with Gasteiger partial charge in [-0.3, -0.25) is 9.59 Å². The molecule has 0 saturated carbocycles. The second-order valence-corrected chi connectivity index (χ2v) is 7.54. The molecule has 0 heterocycles. The molecule has 3 aromatic carbocycles. The number of Topliss-reactive ketones (excluding diaryl/α,β-unsaturated/α-hetero) is 1. The van der Waals surface area contributed by atoms with Crippen LogP contribution in [-0.4, -0.2) is 38.8 Å². The van der Waals surface area contributed by atoms with E-state index < -0.39 is 0 Å². The monoisotopic (exact) mass is 437 g/mol. The maximum Gasteiger partial charge on any atom is 0.255 e. The van der Waals surface area contributed by atoms with Gasteiger partial charge in [0.25, 0.3) is 5.91 Å². The van der Waals surface area contributed by atoms with Gasteiger partial charge < -0.3 is 19.5 Å². The van der Waals surface area contributed by atoms with E-state index in [1.54, 1.807) is 68.8 Å². The molecular formula is C24H23NO5S. The van der Waals surface area contributed by atoms with Crippen molar-refractivity contribution in [2.75, 3.05) is 32.4 Å². The van der Waals surface area contributed by atoms with Crippen molar-refractivity contribution in [2.45, 2.75) is 4.90 Å². The van der Waals surface area contributed by atoms with Gasteiger partial charge in [0.15, 0.2) is 17.3 Å². The van der Waals surface area contributed by atoms with Crippen molar-refractivity contribution in [1.29, 1.82) is 0 Å². The van der Waals surface area contributed by atoms with Gasteiger partial charge in [0.05, 0.1) is 27.1 Å². The molecule has 0 unspecified atom stereocenters. The van der Waals surface area contributed by atoms with Gasteiger partial charge in [0.1, 0.15) is 5.75 Å². The summed E-state index contributed by atoms with van der Waals surface area (Å²) < 4.78 is 15.6. The van der Waals surface area contributed by atoms with Gasteiger partial charge in [-0.25, -0.2) is 0 Å². The molecule has 0 radical (unpaired) electrons. The Kier molecular flexibility index (Phi) is 7.56. The molecule has 1 N–H and O–H groups in total. The van der Waals surface area contributed by atoms with Crippen LogP contribution in [0.25, 0.3) is 0 Å². The molecule has 160 valence electrons. The summed E-state index contributed by atoms with van der Waals surface area (Å²) in [7, 11) is 4.64. The minimum Gasteiger partial charge on any atom is -0.497 e. The molecule has 1 amide bonds. The number of benzene rings is 3. The highest BCUT2D eigenvalue weighted by molar-refractivity contribution is 8.00. The van der Waals surface area contributed by atoms with Crippen LogP contribution in [0.2, 0.25) is 0 Å². The average molecular weight is 438 g/mol. The van der Waals surface area contributed by atoms with E-state index in [9.17, 15) is 9.59 Å². The van der Waals surface area contributed by atoms with Crippen molar-refractivity contribution in [3.8, 4) is 17.2 Å². The lowest BCUT2D eigenvalue weighted by Crippen LogP contribution is -2.12. The third-order valence-corrected chi connectivity index (χ3v) is 5.53. The van der Waals surface area contributed by atoms with E-state index in [-0.39, 0.29) is 11.7 Å². The molecule has 0 aliphatic carbocycles. The molecule has 31 heavy (non-hydrogen) atoms. The number of methoxy groups -OCH3 is 3. The van der Waals surface area contributed by atoms with Crippen molar-refractivity contribution in [3.63, 3.8) is 0 Å². The van der Waals surface area contributed by atoms with Crippen molar-refractivity contribution >= 4 is 29.1 Å². The Morgan fingerprint density at radius 1 is 0.806 bits per heavy atom. The third kappa shape index (κ3) is 5.79. The summed E-state index contributed by atoms with van der Waals surface area (Å²) in [5, 5.41) is 2.85. The maximum atomic E-state index is 12.5. The molecule has 6 nitrogen and oxygen atoms in total. The first-order chi connectivity index (χ1) is 15.0. The highest BCUT2D eigenvalue weighted by atomic mass is 32.2. The number of anilines is 1. The standard InChI is InChI=1S/C24H23NO5S/c1-28-19-6-4-5-16(13-19)21(26)15-31-20-10-8-18(9-11-20)25-24(27)17-7-12-22(29-2)23(14-17)30-3/h4-14H,15H2,1-3H3,(H,25,27). The lowest BCUT2D eigenvalue weighted by molar-refractivity contribution is 0.101. The highest BCUT2D eigenvalue weighted by Gasteiger charge is 2.12. The van der Waals surface area contributed by atoms with Crippen LogP contribution in [0.1, 0.15) is 20.7 Å². The predicted molar refractivity (Wildman–Crippen MR) is 122 cm³/mol. The fourth-order valence-corrected chi connectivity index (χ4v) is 3.64. The number of hydrogen-bond donors (Lipinski definition) is 1. The Hall–Kier alpha value is -3.45. The van der Waals surface area contributed by atoms with Crippen molar-refractivity contribution in [1.82, 2.24) is 0 Å². The Morgan fingerprint density at radius 2 is 1.55 bits per heavy atom. The van der Waals surface area contributed by atoms with E-state index in [0.717, 1.165) is 4.90 Å². The SMILES string of the molecule is COc1cccc(C(=O)CSc2ccc(NC(=O)c3ccc(OC)c(OC)c3)cc2)c1. The minimum atomic E-state index is -0.255. The Bertz CT molecular complexity index is 1070. The second-order valence-electron chi connectivity index (χ2n) is 6.49. The lowest BCUT2D eigenvalue weighted by Gasteiger charge is -2.10. The van der Waals surface area contributed by atoms with E-state index in [2.05, 4.69) is 5.32 Å². The summed E-state index contributed by atoms with van der Waals surface area (Å²) in [6.07, 6.45) is 0. The van der Waals surface area contributed by atoms with Crippen LogP contribution in [0.15, 0.2) is 71.6 Å². The van der Waals surface area contributed by atoms with Crippen LogP contribution in [0, 0.1) is 0 Å². The Balaban J connectivity index is 1.58. The first-order valence-corrected chi connectivity index (χ1v) is 10.5. The van der Waals surface area contributed by atoms with Crippen molar-refractivity contribution in [3.05, 3.63) is 77.9 Å². The van der Waals surface area contributed by atoms with Gasteiger partial charge in [-0.1, -0.05) is 12.1 Å². The summed E-state index contributed by atoms with van der Waals surface area (Å²) in [4.78, 5) is 25.9. The third-order valence-electron chi connectivity index (χ3n) is 4.52.